The predicted octanol–water partition coefficient (Wildman–Crippen LogP) is 6.68. The zero-order valence-electron chi connectivity index (χ0n) is 20.4. The molecule has 0 aliphatic carbocycles. The molecule has 3 aromatic carbocycles. The molecule has 1 heterocycles. The summed E-state index contributed by atoms with van der Waals surface area (Å²) in [5.41, 5.74) is -2.67. The van der Waals surface area contributed by atoms with Crippen LogP contribution in [0, 0.1) is 6.92 Å². The maximum Gasteiger partial charge on any atom is 0.416 e. The van der Waals surface area contributed by atoms with Crippen molar-refractivity contribution in [1.82, 2.24) is 15.1 Å². The van der Waals surface area contributed by atoms with Gasteiger partial charge in [-0.25, -0.2) is 0 Å². The third-order valence-electron chi connectivity index (χ3n) is 6.35. The van der Waals surface area contributed by atoms with Crippen molar-refractivity contribution in [3.63, 3.8) is 0 Å². The summed E-state index contributed by atoms with van der Waals surface area (Å²) in [7, 11) is 1.61. The number of hydrogen-bond donors (Lipinski definition) is 1. The standard InChI is InChI=1S/C28H23F6N3O/c1-18-14-24(36-37(18)2)25(38)35-26(17-19-8-4-3-5-9-19,20-10-6-12-22(15-20)27(29,30)31)21-11-7-13-23(16-21)28(32,33)34/h3-16H,17H2,1-2H3,(H,35,38). The van der Waals surface area contributed by atoms with Gasteiger partial charge in [0, 0.05) is 19.2 Å². The van der Waals surface area contributed by atoms with E-state index in [0.29, 0.717) is 11.3 Å². The van der Waals surface area contributed by atoms with E-state index in [-0.39, 0.29) is 23.2 Å². The van der Waals surface area contributed by atoms with Crippen molar-refractivity contribution in [3.8, 4) is 0 Å². The Morgan fingerprint density at radius 2 is 1.26 bits per heavy atom. The fourth-order valence-electron chi connectivity index (χ4n) is 4.31. The fraction of sp³-hybridized carbons (Fsp3) is 0.214. The topological polar surface area (TPSA) is 46.9 Å². The summed E-state index contributed by atoms with van der Waals surface area (Å²) < 4.78 is 83.8. The van der Waals surface area contributed by atoms with Crippen LogP contribution in [0.3, 0.4) is 0 Å². The molecule has 0 fully saturated rings. The number of nitrogens with one attached hydrogen (secondary N) is 1. The first-order chi connectivity index (χ1) is 17.8. The molecule has 0 saturated heterocycles. The molecule has 1 aromatic heterocycles. The number of alkyl halides is 6. The molecule has 4 nitrogen and oxygen atoms in total. The Bertz CT molecular complexity index is 1360. The first-order valence-corrected chi connectivity index (χ1v) is 11.5. The number of hydrogen-bond acceptors (Lipinski definition) is 2. The number of aromatic nitrogens is 2. The first-order valence-electron chi connectivity index (χ1n) is 11.5. The Balaban J connectivity index is 2.00. The van der Waals surface area contributed by atoms with Gasteiger partial charge in [-0.2, -0.15) is 31.4 Å². The second kappa shape index (κ2) is 10.00. The molecule has 1 amide bonds. The molecule has 0 atom stereocenters. The van der Waals surface area contributed by atoms with Gasteiger partial charge in [0.1, 0.15) is 5.69 Å². The quantitative estimate of drug-likeness (QED) is 0.282. The highest BCUT2D eigenvalue weighted by Gasteiger charge is 2.41. The third-order valence-corrected chi connectivity index (χ3v) is 6.35. The van der Waals surface area contributed by atoms with Crippen LogP contribution in [0.25, 0.3) is 0 Å². The van der Waals surface area contributed by atoms with Gasteiger partial charge in [-0.1, -0.05) is 54.6 Å². The van der Waals surface area contributed by atoms with Crippen molar-refractivity contribution in [1.29, 1.82) is 0 Å². The zero-order valence-corrected chi connectivity index (χ0v) is 20.4. The van der Waals surface area contributed by atoms with Gasteiger partial charge in [0.25, 0.3) is 5.91 Å². The molecule has 198 valence electrons. The molecule has 4 aromatic rings. The average molecular weight is 532 g/mol. The van der Waals surface area contributed by atoms with Gasteiger partial charge in [0.05, 0.1) is 16.7 Å². The molecule has 0 bridgehead atoms. The Morgan fingerprint density at radius 1 is 0.763 bits per heavy atom. The number of halogens is 6. The van der Waals surface area contributed by atoms with Crippen molar-refractivity contribution in [2.45, 2.75) is 31.2 Å². The fourth-order valence-corrected chi connectivity index (χ4v) is 4.31. The molecule has 0 radical (unpaired) electrons. The number of amides is 1. The number of aryl methyl sites for hydroxylation is 2. The van der Waals surface area contributed by atoms with Gasteiger partial charge in [-0.15, -0.1) is 0 Å². The number of carbonyl (C=O) groups excluding carboxylic acids is 1. The highest BCUT2D eigenvalue weighted by Crippen LogP contribution is 2.40. The number of benzene rings is 3. The van der Waals surface area contributed by atoms with Crippen LogP contribution in [0.4, 0.5) is 26.3 Å². The van der Waals surface area contributed by atoms with E-state index in [4.69, 9.17) is 0 Å². The highest BCUT2D eigenvalue weighted by molar-refractivity contribution is 5.93. The largest absolute Gasteiger partial charge is 0.416 e. The molecule has 38 heavy (non-hydrogen) atoms. The normalized spacial score (nSPS) is 12.4. The monoisotopic (exact) mass is 531 g/mol. The van der Waals surface area contributed by atoms with Crippen LogP contribution < -0.4 is 5.32 Å². The summed E-state index contributed by atoms with van der Waals surface area (Å²) >= 11 is 0. The summed E-state index contributed by atoms with van der Waals surface area (Å²) in [6, 6.07) is 18.5. The molecule has 0 unspecified atom stereocenters. The molecule has 0 aliphatic heterocycles. The number of carbonyl (C=O) groups is 1. The van der Waals surface area contributed by atoms with Gasteiger partial charge in [0.2, 0.25) is 0 Å². The van der Waals surface area contributed by atoms with Crippen LogP contribution in [0.2, 0.25) is 0 Å². The summed E-state index contributed by atoms with van der Waals surface area (Å²) in [6.07, 6.45) is -9.57. The van der Waals surface area contributed by atoms with Crippen LogP contribution in [0.1, 0.15) is 44.0 Å². The van der Waals surface area contributed by atoms with E-state index in [0.717, 1.165) is 24.3 Å². The van der Waals surface area contributed by atoms with Gasteiger partial charge >= 0.3 is 12.4 Å². The lowest BCUT2D eigenvalue weighted by Crippen LogP contribution is -2.49. The lowest BCUT2D eigenvalue weighted by molar-refractivity contribution is -0.138. The Morgan fingerprint density at radius 3 is 1.71 bits per heavy atom. The lowest BCUT2D eigenvalue weighted by Gasteiger charge is -2.37. The molecule has 0 saturated carbocycles. The summed E-state index contributed by atoms with van der Waals surface area (Å²) in [4.78, 5) is 13.5. The molecular weight excluding hydrogens is 508 g/mol. The molecule has 10 heteroatoms. The van der Waals surface area contributed by atoms with Crippen LogP contribution >= 0.6 is 0 Å². The van der Waals surface area contributed by atoms with Gasteiger partial charge < -0.3 is 5.32 Å². The minimum atomic E-state index is -4.72. The van der Waals surface area contributed by atoms with E-state index in [9.17, 15) is 31.1 Å². The predicted molar refractivity (Wildman–Crippen MR) is 129 cm³/mol. The van der Waals surface area contributed by atoms with Gasteiger partial charge in [-0.3, -0.25) is 9.48 Å². The van der Waals surface area contributed by atoms with Crippen molar-refractivity contribution in [2.75, 3.05) is 0 Å². The maximum atomic E-state index is 13.7. The second-order valence-electron chi connectivity index (χ2n) is 8.97. The molecule has 4 rings (SSSR count). The smallest absolute Gasteiger partial charge is 0.337 e. The van der Waals surface area contributed by atoms with Gasteiger partial charge in [0.15, 0.2) is 0 Å². The van der Waals surface area contributed by atoms with E-state index in [1.807, 2.05) is 0 Å². The minimum Gasteiger partial charge on any atom is -0.337 e. The zero-order chi connectivity index (χ0) is 27.7. The maximum absolute atomic E-state index is 13.7. The molecule has 1 N–H and O–H groups in total. The summed E-state index contributed by atoms with van der Waals surface area (Å²) in [5.74, 6) is -0.751. The van der Waals surface area contributed by atoms with E-state index < -0.39 is 34.9 Å². The van der Waals surface area contributed by atoms with Crippen molar-refractivity contribution >= 4 is 5.91 Å². The molecule has 0 aliphatic rings. The molecule has 0 spiro atoms. The van der Waals surface area contributed by atoms with Gasteiger partial charge in [-0.05, 0) is 53.9 Å². The van der Waals surface area contributed by atoms with E-state index in [1.165, 1.54) is 35.0 Å². The number of rotatable bonds is 6. The van der Waals surface area contributed by atoms with Crippen LogP contribution in [-0.2, 0) is 31.4 Å². The van der Waals surface area contributed by atoms with E-state index in [2.05, 4.69) is 10.4 Å². The summed E-state index contributed by atoms with van der Waals surface area (Å²) in [5, 5.41) is 6.92. The van der Waals surface area contributed by atoms with E-state index in [1.54, 1.807) is 44.3 Å². The Kier molecular flexibility index (Phi) is 7.10. The number of nitrogens with zero attached hydrogens (tertiary/aromatic N) is 2. The Hall–Kier alpha value is -4.08. The van der Waals surface area contributed by atoms with Crippen LogP contribution in [0.15, 0.2) is 84.9 Å². The van der Waals surface area contributed by atoms with E-state index >= 15 is 0 Å². The SMILES string of the molecule is Cc1cc(C(=O)NC(Cc2ccccc2)(c2cccc(C(F)(F)F)c2)c2cccc(C(F)(F)F)c2)nn1C. The Labute approximate surface area is 214 Å². The van der Waals surface area contributed by atoms with Crippen molar-refractivity contribution in [2.24, 2.45) is 7.05 Å². The minimum absolute atomic E-state index is 0.0265. The average Bonchev–Trinajstić information content (AvgIpc) is 3.21. The second-order valence-corrected chi connectivity index (χ2v) is 8.97. The lowest BCUT2D eigenvalue weighted by atomic mass is 9.76. The molecular formula is C28H23F6N3O. The highest BCUT2D eigenvalue weighted by atomic mass is 19.4. The first kappa shape index (κ1) is 27.0. The van der Waals surface area contributed by atoms with Crippen molar-refractivity contribution < 1.29 is 31.1 Å². The van der Waals surface area contributed by atoms with Crippen LogP contribution in [-0.4, -0.2) is 15.7 Å². The third kappa shape index (κ3) is 5.58. The van der Waals surface area contributed by atoms with Crippen molar-refractivity contribution in [3.05, 3.63) is 124 Å². The summed E-state index contributed by atoms with van der Waals surface area (Å²) in [6.45, 7) is 1.71. The van der Waals surface area contributed by atoms with Crippen LogP contribution in [0.5, 0.6) is 0 Å².